The molecular weight excluding hydrogens is 134 g/mol. The molecule has 0 bridgehead atoms. The van der Waals surface area contributed by atoms with E-state index in [4.69, 9.17) is 15.4 Å². The highest BCUT2D eigenvalue weighted by atomic mass is 16.5. The first kappa shape index (κ1) is 5.16. The summed E-state index contributed by atoms with van der Waals surface area (Å²) in [5.41, 5.74) is 5.84. The Morgan fingerprint density at radius 2 is 2.50 bits per heavy atom. The maximum absolute atomic E-state index is 9.00. The van der Waals surface area contributed by atoms with Gasteiger partial charge in [0.1, 0.15) is 6.33 Å². The fourth-order valence-corrected chi connectivity index (χ4v) is 0.817. The second kappa shape index (κ2) is 1.44. The van der Waals surface area contributed by atoms with Gasteiger partial charge in [0.15, 0.2) is 11.6 Å². The summed E-state index contributed by atoms with van der Waals surface area (Å²) in [6.45, 7) is 0. The van der Waals surface area contributed by atoms with Crippen molar-refractivity contribution in [3.63, 3.8) is 0 Å². The van der Waals surface area contributed by atoms with E-state index >= 15 is 0 Å². The number of aromatic hydroxyl groups is 1. The SMILES string of the molecule is Nc1c(O)cc2oncn12. The maximum atomic E-state index is 9.00. The molecule has 2 rings (SSSR count). The topological polar surface area (TPSA) is 76.7 Å². The molecule has 0 aliphatic carbocycles. The zero-order valence-corrected chi connectivity index (χ0v) is 4.98. The summed E-state index contributed by atoms with van der Waals surface area (Å²) in [6.07, 6.45) is 1.39. The molecule has 0 radical (unpaired) electrons. The van der Waals surface area contributed by atoms with E-state index in [2.05, 4.69) is 5.16 Å². The van der Waals surface area contributed by atoms with Crippen molar-refractivity contribution in [2.75, 3.05) is 5.73 Å². The molecule has 52 valence electrons. The Kier molecular flexibility index (Phi) is 0.743. The first-order valence-corrected chi connectivity index (χ1v) is 2.69. The molecule has 0 aliphatic rings. The van der Waals surface area contributed by atoms with Crippen molar-refractivity contribution in [2.45, 2.75) is 0 Å². The number of aromatic nitrogens is 2. The standard InChI is InChI=1S/C5H5N3O2/c6-5-3(9)1-4-8(5)2-7-10-4/h1-2,9H,6H2. The van der Waals surface area contributed by atoms with Crippen molar-refractivity contribution in [3.8, 4) is 5.75 Å². The Morgan fingerprint density at radius 3 is 3.20 bits per heavy atom. The van der Waals surface area contributed by atoms with Gasteiger partial charge < -0.3 is 15.4 Å². The third-order valence-electron chi connectivity index (χ3n) is 1.33. The van der Waals surface area contributed by atoms with E-state index in [-0.39, 0.29) is 11.6 Å². The zero-order valence-electron chi connectivity index (χ0n) is 4.98. The minimum absolute atomic E-state index is 0.0150. The fourth-order valence-electron chi connectivity index (χ4n) is 0.817. The number of rotatable bonds is 0. The lowest BCUT2D eigenvalue weighted by atomic mass is 10.6. The number of nitrogens with zero attached hydrogens (tertiary/aromatic N) is 2. The van der Waals surface area contributed by atoms with Crippen LogP contribution in [0.3, 0.4) is 0 Å². The van der Waals surface area contributed by atoms with Gasteiger partial charge in [0.2, 0.25) is 5.71 Å². The second-order valence-electron chi connectivity index (χ2n) is 1.94. The van der Waals surface area contributed by atoms with Gasteiger partial charge in [0, 0.05) is 6.07 Å². The molecule has 0 unspecified atom stereocenters. The first-order valence-electron chi connectivity index (χ1n) is 2.69. The van der Waals surface area contributed by atoms with Crippen molar-refractivity contribution in [1.82, 2.24) is 9.56 Å². The number of fused-ring (bicyclic) bond motifs is 1. The minimum atomic E-state index is 0.0150. The van der Waals surface area contributed by atoms with Crippen LogP contribution in [0, 0.1) is 0 Å². The third-order valence-corrected chi connectivity index (χ3v) is 1.33. The van der Waals surface area contributed by atoms with Gasteiger partial charge in [0.25, 0.3) is 0 Å². The molecule has 0 saturated carbocycles. The Labute approximate surface area is 55.6 Å². The highest BCUT2D eigenvalue weighted by Crippen LogP contribution is 2.23. The zero-order chi connectivity index (χ0) is 7.14. The monoisotopic (exact) mass is 139 g/mol. The Bertz CT molecular complexity index is 362. The molecule has 5 heteroatoms. The van der Waals surface area contributed by atoms with E-state index in [1.807, 2.05) is 0 Å². The van der Waals surface area contributed by atoms with Crippen LogP contribution in [0.1, 0.15) is 0 Å². The molecule has 2 heterocycles. The Morgan fingerprint density at radius 1 is 1.70 bits per heavy atom. The van der Waals surface area contributed by atoms with E-state index in [0.29, 0.717) is 5.71 Å². The van der Waals surface area contributed by atoms with Crippen LogP contribution in [0.25, 0.3) is 5.71 Å². The summed E-state index contributed by atoms with van der Waals surface area (Å²) in [4.78, 5) is 0. The average Bonchev–Trinajstić information content (AvgIpc) is 2.41. The Balaban J connectivity index is 2.95. The highest BCUT2D eigenvalue weighted by molar-refractivity contribution is 5.58. The quantitative estimate of drug-likeness (QED) is 0.547. The van der Waals surface area contributed by atoms with Gasteiger partial charge in [-0.3, -0.25) is 0 Å². The smallest absolute Gasteiger partial charge is 0.240 e. The highest BCUT2D eigenvalue weighted by Gasteiger charge is 2.07. The molecular formula is C5H5N3O2. The number of hydrogen-bond donors (Lipinski definition) is 2. The van der Waals surface area contributed by atoms with Crippen LogP contribution in [-0.2, 0) is 0 Å². The van der Waals surface area contributed by atoms with Crippen molar-refractivity contribution >= 4 is 11.5 Å². The van der Waals surface area contributed by atoms with Gasteiger partial charge in [-0.05, 0) is 0 Å². The summed E-state index contributed by atoms with van der Waals surface area (Å²) < 4.78 is 6.15. The molecule has 0 amide bonds. The van der Waals surface area contributed by atoms with Gasteiger partial charge >= 0.3 is 0 Å². The molecule has 0 fully saturated rings. The summed E-state index contributed by atoms with van der Waals surface area (Å²) in [5.74, 6) is 0.261. The molecule has 0 aromatic carbocycles. The van der Waals surface area contributed by atoms with Crippen molar-refractivity contribution in [3.05, 3.63) is 12.4 Å². The third kappa shape index (κ3) is 0.439. The molecule has 2 aromatic heterocycles. The molecule has 5 nitrogen and oxygen atoms in total. The number of nitrogen functional groups attached to an aromatic ring is 1. The number of nitrogens with two attached hydrogens (primary N) is 1. The van der Waals surface area contributed by atoms with Gasteiger partial charge in [-0.1, -0.05) is 5.16 Å². The van der Waals surface area contributed by atoms with E-state index in [0.717, 1.165) is 0 Å². The number of hydrogen-bond acceptors (Lipinski definition) is 4. The summed E-state index contributed by atoms with van der Waals surface area (Å²) >= 11 is 0. The van der Waals surface area contributed by atoms with E-state index in [9.17, 15) is 0 Å². The summed E-state index contributed by atoms with van der Waals surface area (Å²) in [7, 11) is 0. The molecule has 3 N–H and O–H groups in total. The average molecular weight is 139 g/mol. The van der Waals surface area contributed by atoms with Gasteiger partial charge in [-0.15, -0.1) is 0 Å². The van der Waals surface area contributed by atoms with Crippen LogP contribution < -0.4 is 5.73 Å². The van der Waals surface area contributed by atoms with E-state index in [1.165, 1.54) is 16.8 Å². The summed E-state index contributed by atoms with van der Waals surface area (Å²) in [5, 5.41) is 12.5. The molecule has 0 aliphatic heterocycles. The van der Waals surface area contributed by atoms with Crippen molar-refractivity contribution in [2.24, 2.45) is 0 Å². The van der Waals surface area contributed by atoms with Crippen LogP contribution >= 0.6 is 0 Å². The molecule has 0 atom stereocenters. The van der Waals surface area contributed by atoms with Crippen LogP contribution in [0.5, 0.6) is 5.75 Å². The van der Waals surface area contributed by atoms with Crippen LogP contribution in [0.2, 0.25) is 0 Å². The van der Waals surface area contributed by atoms with Crippen molar-refractivity contribution < 1.29 is 9.63 Å². The molecule has 0 spiro atoms. The molecule has 10 heavy (non-hydrogen) atoms. The summed E-state index contributed by atoms with van der Waals surface area (Å²) in [6, 6.07) is 1.41. The van der Waals surface area contributed by atoms with Crippen LogP contribution in [-0.4, -0.2) is 14.7 Å². The lowest BCUT2D eigenvalue weighted by Gasteiger charge is -1.86. The molecule has 2 aromatic rings. The van der Waals surface area contributed by atoms with Crippen LogP contribution in [0.15, 0.2) is 16.9 Å². The van der Waals surface area contributed by atoms with Crippen LogP contribution in [0.4, 0.5) is 5.82 Å². The van der Waals surface area contributed by atoms with Crippen molar-refractivity contribution in [1.29, 1.82) is 0 Å². The van der Waals surface area contributed by atoms with Gasteiger partial charge in [-0.2, -0.15) is 0 Å². The molecule has 0 saturated heterocycles. The lowest BCUT2D eigenvalue weighted by molar-refractivity contribution is 0.450. The van der Waals surface area contributed by atoms with Gasteiger partial charge in [-0.25, -0.2) is 4.40 Å². The maximum Gasteiger partial charge on any atom is 0.240 e. The number of anilines is 1. The predicted octanol–water partition coefficient (Wildman–Crippen LogP) is 0.215. The fraction of sp³-hybridized carbons (Fsp3) is 0. The normalized spacial score (nSPS) is 10.8. The Hall–Kier alpha value is -1.65. The predicted molar refractivity (Wildman–Crippen MR) is 33.5 cm³/mol. The first-order chi connectivity index (χ1) is 4.79. The largest absolute Gasteiger partial charge is 0.504 e. The van der Waals surface area contributed by atoms with E-state index in [1.54, 1.807) is 0 Å². The second-order valence-corrected chi connectivity index (χ2v) is 1.94. The lowest BCUT2D eigenvalue weighted by Crippen LogP contribution is -1.88. The minimum Gasteiger partial charge on any atom is -0.504 e. The van der Waals surface area contributed by atoms with Gasteiger partial charge in [0.05, 0.1) is 0 Å². The van der Waals surface area contributed by atoms with E-state index < -0.39 is 0 Å².